The minimum Gasteiger partial charge on any atom is -0.496 e. The second kappa shape index (κ2) is 11.1. The van der Waals surface area contributed by atoms with Crippen molar-refractivity contribution >= 4 is 44.5 Å². The third-order valence-corrected chi connectivity index (χ3v) is 9.30. The van der Waals surface area contributed by atoms with E-state index in [9.17, 15) is 4.79 Å². The van der Waals surface area contributed by atoms with Crippen molar-refractivity contribution in [1.29, 1.82) is 0 Å². The molecule has 0 spiro atoms. The van der Waals surface area contributed by atoms with Crippen LogP contribution < -0.4 is 14.2 Å². The van der Waals surface area contributed by atoms with Crippen molar-refractivity contribution in [1.82, 2.24) is 24.5 Å². The van der Waals surface area contributed by atoms with E-state index in [1.165, 1.54) is 11.3 Å². The molecule has 7 rings (SSSR count). The average Bonchev–Trinajstić information content (AvgIpc) is 3.82. The second-order valence-electron chi connectivity index (χ2n) is 9.97. The number of carbonyl (C=O) groups excluding carboxylic acids is 1. The standard InChI is InChI=1S/C30H27N5O5S2/c1-37-21-12-24(22-14-26(40-25(22)13-21)23-15-35-29(32-23)42-30(33-35)38-2)39-16-20-17-41-27(31-20)18-8-10-34(11-9-18)28(36)19-6-4-3-5-7-19/h3-7,12-15,17-18H,8-11,16H2,1-2H3. The molecule has 0 saturated carbocycles. The van der Waals surface area contributed by atoms with Gasteiger partial charge >= 0.3 is 0 Å². The van der Waals surface area contributed by atoms with E-state index in [0.29, 0.717) is 51.2 Å². The topological polar surface area (TPSA) is 104 Å². The molecule has 0 N–H and O–H groups in total. The lowest BCUT2D eigenvalue weighted by Gasteiger charge is -2.31. The number of likely N-dealkylation sites (tertiary alicyclic amines) is 1. The first-order chi connectivity index (χ1) is 20.6. The first-order valence-corrected chi connectivity index (χ1v) is 15.2. The fourth-order valence-corrected chi connectivity index (χ4v) is 6.83. The van der Waals surface area contributed by atoms with Gasteiger partial charge in [0.25, 0.3) is 11.1 Å². The minimum atomic E-state index is 0.0962. The number of methoxy groups -OCH3 is 2. The van der Waals surface area contributed by atoms with Crippen LogP contribution in [0.3, 0.4) is 0 Å². The van der Waals surface area contributed by atoms with Gasteiger partial charge in [-0.1, -0.05) is 18.2 Å². The summed E-state index contributed by atoms with van der Waals surface area (Å²) >= 11 is 3.01. The number of aromatic nitrogens is 4. The third kappa shape index (κ3) is 5.07. The number of hydrogen-bond donors (Lipinski definition) is 0. The summed E-state index contributed by atoms with van der Waals surface area (Å²) in [6.45, 7) is 1.77. The van der Waals surface area contributed by atoms with Crippen LogP contribution in [0.5, 0.6) is 16.7 Å². The summed E-state index contributed by atoms with van der Waals surface area (Å²) in [5.74, 6) is 2.31. The number of rotatable bonds is 8. The van der Waals surface area contributed by atoms with Gasteiger partial charge in [-0.05, 0) is 42.4 Å². The lowest BCUT2D eigenvalue weighted by atomic mass is 9.97. The van der Waals surface area contributed by atoms with Crippen LogP contribution in [0.1, 0.15) is 39.8 Å². The molecule has 4 aromatic heterocycles. The lowest BCUT2D eigenvalue weighted by Crippen LogP contribution is -2.37. The average molecular weight is 602 g/mol. The van der Waals surface area contributed by atoms with E-state index < -0.39 is 0 Å². The number of amides is 1. The zero-order chi connectivity index (χ0) is 28.6. The van der Waals surface area contributed by atoms with Gasteiger partial charge < -0.3 is 23.5 Å². The summed E-state index contributed by atoms with van der Waals surface area (Å²) in [6, 6.07) is 15.1. The van der Waals surface area contributed by atoms with Crippen molar-refractivity contribution in [3.8, 4) is 28.1 Å². The van der Waals surface area contributed by atoms with Crippen molar-refractivity contribution < 1.29 is 23.4 Å². The summed E-state index contributed by atoms with van der Waals surface area (Å²) in [5, 5.41) is 8.84. The summed E-state index contributed by atoms with van der Waals surface area (Å²) in [5.41, 5.74) is 2.91. The largest absolute Gasteiger partial charge is 0.496 e. The van der Waals surface area contributed by atoms with Crippen molar-refractivity contribution in [3.05, 3.63) is 76.4 Å². The number of imidazole rings is 1. The minimum absolute atomic E-state index is 0.0962. The highest BCUT2D eigenvalue weighted by Crippen LogP contribution is 2.38. The van der Waals surface area contributed by atoms with Gasteiger partial charge in [-0.3, -0.25) is 4.79 Å². The molecule has 0 aliphatic carbocycles. The molecule has 1 amide bonds. The number of piperidine rings is 1. The number of furan rings is 1. The highest BCUT2D eigenvalue weighted by Gasteiger charge is 2.26. The van der Waals surface area contributed by atoms with E-state index in [2.05, 4.69) is 10.1 Å². The molecular formula is C30H27N5O5S2. The van der Waals surface area contributed by atoms with Gasteiger partial charge in [-0.25, -0.2) is 14.5 Å². The van der Waals surface area contributed by atoms with Crippen LogP contribution in [0.2, 0.25) is 0 Å². The highest BCUT2D eigenvalue weighted by atomic mass is 32.1. The van der Waals surface area contributed by atoms with Crippen molar-refractivity contribution in [2.24, 2.45) is 0 Å². The Morgan fingerprint density at radius 2 is 1.90 bits per heavy atom. The monoisotopic (exact) mass is 601 g/mol. The molecule has 214 valence electrons. The normalized spacial score (nSPS) is 14.1. The molecule has 1 aliphatic rings. The Morgan fingerprint density at radius 3 is 2.67 bits per heavy atom. The van der Waals surface area contributed by atoms with Gasteiger partial charge in [0.2, 0.25) is 4.96 Å². The van der Waals surface area contributed by atoms with Gasteiger partial charge in [-0.15, -0.1) is 16.4 Å². The molecule has 1 fully saturated rings. The predicted molar refractivity (Wildman–Crippen MR) is 160 cm³/mol. The summed E-state index contributed by atoms with van der Waals surface area (Å²) in [4.78, 5) is 25.0. The van der Waals surface area contributed by atoms with Gasteiger partial charge in [0.1, 0.15) is 29.4 Å². The number of ether oxygens (including phenoxy) is 3. The Bertz CT molecular complexity index is 1840. The molecule has 2 aromatic carbocycles. The molecule has 6 aromatic rings. The van der Waals surface area contributed by atoms with E-state index >= 15 is 0 Å². The molecule has 0 bridgehead atoms. The molecule has 0 atom stereocenters. The molecule has 10 nitrogen and oxygen atoms in total. The van der Waals surface area contributed by atoms with Crippen molar-refractivity contribution in [2.45, 2.75) is 25.4 Å². The van der Waals surface area contributed by atoms with E-state index in [1.807, 2.05) is 65.0 Å². The number of hydrogen-bond acceptors (Lipinski definition) is 10. The Morgan fingerprint density at radius 1 is 1.07 bits per heavy atom. The molecule has 1 saturated heterocycles. The maximum Gasteiger partial charge on any atom is 0.294 e. The molecular weight excluding hydrogens is 574 g/mol. The Labute approximate surface area is 249 Å². The fourth-order valence-electron chi connectivity index (χ4n) is 5.15. The molecule has 0 unspecified atom stereocenters. The lowest BCUT2D eigenvalue weighted by molar-refractivity contribution is 0.0713. The van der Waals surface area contributed by atoms with Crippen LogP contribution in [0, 0.1) is 0 Å². The molecule has 42 heavy (non-hydrogen) atoms. The Balaban J connectivity index is 1.04. The molecule has 0 radical (unpaired) electrons. The summed E-state index contributed by atoms with van der Waals surface area (Å²) in [6.07, 6.45) is 3.60. The number of nitrogens with zero attached hydrogens (tertiary/aromatic N) is 5. The number of carbonyl (C=O) groups is 1. The van der Waals surface area contributed by atoms with Crippen molar-refractivity contribution in [2.75, 3.05) is 27.3 Å². The zero-order valence-corrected chi connectivity index (χ0v) is 24.6. The molecule has 12 heteroatoms. The van der Waals surface area contributed by atoms with E-state index in [1.54, 1.807) is 30.1 Å². The first-order valence-electron chi connectivity index (χ1n) is 13.5. The summed E-state index contributed by atoms with van der Waals surface area (Å²) < 4.78 is 24.8. The predicted octanol–water partition coefficient (Wildman–Crippen LogP) is 6.28. The van der Waals surface area contributed by atoms with Crippen LogP contribution >= 0.6 is 22.7 Å². The second-order valence-corrected chi connectivity index (χ2v) is 11.8. The maximum absolute atomic E-state index is 12.8. The van der Waals surface area contributed by atoms with Gasteiger partial charge in [0.15, 0.2) is 5.76 Å². The van der Waals surface area contributed by atoms with Crippen LogP contribution in [-0.2, 0) is 6.61 Å². The number of benzene rings is 2. The van der Waals surface area contributed by atoms with Crippen LogP contribution in [0.15, 0.2) is 64.5 Å². The van der Waals surface area contributed by atoms with Gasteiger partial charge in [0, 0.05) is 42.1 Å². The van der Waals surface area contributed by atoms with Gasteiger partial charge in [-0.2, -0.15) is 0 Å². The quantitative estimate of drug-likeness (QED) is 0.201. The van der Waals surface area contributed by atoms with Crippen LogP contribution in [0.25, 0.3) is 27.4 Å². The Hall–Kier alpha value is -4.42. The van der Waals surface area contributed by atoms with Gasteiger partial charge in [0.05, 0.1) is 36.5 Å². The smallest absolute Gasteiger partial charge is 0.294 e. The first kappa shape index (κ1) is 26.5. The summed E-state index contributed by atoms with van der Waals surface area (Å²) in [7, 11) is 3.20. The molecule has 5 heterocycles. The van der Waals surface area contributed by atoms with Crippen molar-refractivity contribution in [3.63, 3.8) is 0 Å². The number of fused-ring (bicyclic) bond motifs is 2. The van der Waals surface area contributed by atoms with E-state index in [4.69, 9.17) is 23.6 Å². The third-order valence-electron chi connectivity index (χ3n) is 7.36. The van der Waals surface area contributed by atoms with E-state index in [0.717, 1.165) is 47.6 Å². The molecule has 1 aliphatic heterocycles. The van der Waals surface area contributed by atoms with Crippen LogP contribution in [0.4, 0.5) is 0 Å². The number of thiazole rings is 1. The highest BCUT2D eigenvalue weighted by molar-refractivity contribution is 7.18. The van der Waals surface area contributed by atoms with Crippen LogP contribution in [-0.4, -0.2) is 57.7 Å². The zero-order valence-electron chi connectivity index (χ0n) is 23.0. The van der Waals surface area contributed by atoms with E-state index in [-0.39, 0.29) is 5.91 Å². The fraction of sp³-hybridized carbons (Fsp3) is 0.267. The SMILES string of the molecule is COc1cc(OCc2csc(C3CCN(C(=O)c4ccccc4)CC3)n2)c2cc(-c3cn4nc(OC)sc4n3)oc2c1. The Kier molecular flexibility index (Phi) is 7.00. The maximum atomic E-state index is 12.8.